The molecule has 0 aliphatic rings. The molecule has 0 N–H and O–H groups in total. The lowest BCUT2D eigenvalue weighted by Crippen LogP contribution is -2.01. The largest absolute Gasteiger partial charge is 0.231 e. The predicted molar refractivity (Wildman–Crippen MR) is 115 cm³/mol. The maximum atomic E-state index is 6.25. The van der Waals surface area contributed by atoms with Crippen LogP contribution in [0.5, 0.6) is 0 Å². The summed E-state index contributed by atoms with van der Waals surface area (Å²) in [7, 11) is 0. The zero-order valence-electron chi connectivity index (χ0n) is 14.8. The van der Waals surface area contributed by atoms with Crippen molar-refractivity contribution in [1.82, 2.24) is 30.0 Å². The molecule has 2 aromatic carbocycles. The van der Waals surface area contributed by atoms with Gasteiger partial charge in [-0.3, -0.25) is 0 Å². The highest BCUT2D eigenvalue weighted by Gasteiger charge is 2.22. The Bertz CT molecular complexity index is 1280. The third-order valence-corrected chi connectivity index (χ3v) is 6.00. The zero-order valence-corrected chi connectivity index (χ0v) is 17.1. The van der Waals surface area contributed by atoms with Gasteiger partial charge in [0.1, 0.15) is 0 Å². The van der Waals surface area contributed by atoms with Crippen LogP contribution in [0.15, 0.2) is 72.2 Å². The number of hydrogen-bond donors (Lipinski definition) is 0. The van der Waals surface area contributed by atoms with E-state index in [2.05, 4.69) is 20.6 Å². The van der Waals surface area contributed by atoms with Gasteiger partial charge in [0.05, 0.1) is 43.8 Å². The van der Waals surface area contributed by atoms with E-state index in [-0.39, 0.29) is 0 Å². The van der Waals surface area contributed by atoms with Crippen molar-refractivity contribution in [3.63, 3.8) is 0 Å². The van der Waals surface area contributed by atoms with Gasteiger partial charge in [-0.1, -0.05) is 47.5 Å². The first-order valence-electron chi connectivity index (χ1n) is 8.64. The Morgan fingerprint density at radius 3 is 2.45 bits per heavy atom. The summed E-state index contributed by atoms with van der Waals surface area (Å²) < 4.78 is 3.53. The number of tetrazole rings is 1. The van der Waals surface area contributed by atoms with Crippen molar-refractivity contribution >= 4 is 34.5 Å². The van der Waals surface area contributed by atoms with Gasteiger partial charge in [0.2, 0.25) is 0 Å². The van der Waals surface area contributed by atoms with E-state index >= 15 is 0 Å². The van der Waals surface area contributed by atoms with Crippen molar-refractivity contribution in [2.45, 2.75) is 0 Å². The van der Waals surface area contributed by atoms with Crippen molar-refractivity contribution in [2.24, 2.45) is 0 Å². The highest BCUT2D eigenvalue weighted by atomic mass is 35.5. The molecule has 3 heterocycles. The summed E-state index contributed by atoms with van der Waals surface area (Å²) >= 11 is 14.0. The second-order valence-electron chi connectivity index (χ2n) is 6.14. The molecule has 0 bridgehead atoms. The first-order valence-corrected chi connectivity index (χ1v) is 10.3. The Morgan fingerprint density at radius 1 is 0.828 bits per heavy atom. The monoisotopic (exact) mass is 438 g/mol. The van der Waals surface area contributed by atoms with E-state index < -0.39 is 0 Å². The fourth-order valence-electron chi connectivity index (χ4n) is 3.07. The molecule has 5 aromatic rings. The topological polar surface area (TPSA) is 61.4 Å². The predicted octanol–water partition coefficient (Wildman–Crippen LogP) is 5.55. The highest BCUT2D eigenvalue weighted by Crippen LogP contribution is 2.36. The second-order valence-corrected chi connectivity index (χ2v) is 7.91. The van der Waals surface area contributed by atoms with Crippen LogP contribution in [0.1, 0.15) is 0 Å². The van der Waals surface area contributed by atoms with Gasteiger partial charge in [0, 0.05) is 0 Å². The number of benzene rings is 2. The Balaban J connectivity index is 1.73. The van der Waals surface area contributed by atoms with Crippen LogP contribution >= 0.6 is 34.5 Å². The lowest BCUT2D eigenvalue weighted by Gasteiger charge is -2.10. The van der Waals surface area contributed by atoms with Crippen molar-refractivity contribution < 1.29 is 0 Å². The van der Waals surface area contributed by atoms with Gasteiger partial charge in [0.15, 0.2) is 5.82 Å². The van der Waals surface area contributed by atoms with E-state index in [1.54, 1.807) is 34.3 Å². The average molecular weight is 439 g/mol. The number of thiophene rings is 1. The van der Waals surface area contributed by atoms with Crippen molar-refractivity contribution in [2.75, 3.05) is 0 Å². The minimum absolute atomic E-state index is 0.465. The molecule has 0 unspecified atom stereocenters. The van der Waals surface area contributed by atoms with Crippen molar-refractivity contribution in [3.8, 4) is 33.3 Å². The molecule has 0 aliphatic heterocycles. The average Bonchev–Trinajstić information content (AvgIpc) is 3.50. The standard InChI is InChI=1S/C20H12Cl2N6S/c21-16-9-8-14(11-17(16)22)27-19(18-7-4-10-29-18)15(12-23-27)20-24-25-26-28(20)13-5-2-1-3-6-13/h1-12H. The summed E-state index contributed by atoms with van der Waals surface area (Å²) in [6.45, 7) is 0. The number of rotatable bonds is 4. The highest BCUT2D eigenvalue weighted by molar-refractivity contribution is 7.13. The van der Waals surface area contributed by atoms with E-state index in [0.717, 1.165) is 27.5 Å². The molecular formula is C20H12Cl2N6S. The van der Waals surface area contributed by atoms with Crippen LogP contribution in [0.2, 0.25) is 10.0 Å². The maximum Gasteiger partial charge on any atom is 0.190 e. The summed E-state index contributed by atoms with van der Waals surface area (Å²) in [5, 5.41) is 19.9. The van der Waals surface area contributed by atoms with Crippen LogP contribution in [-0.4, -0.2) is 30.0 Å². The van der Waals surface area contributed by atoms with Crippen LogP contribution in [-0.2, 0) is 0 Å². The van der Waals surface area contributed by atoms with Gasteiger partial charge in [-0.15, -0.1) is 16.4 Å². The number of hydrogen-bond acceptors (Lipinski definition) is 5. The molecule has 0 saturated heterocycles. The van der Waals surface area contributed by atoms with Crippen LogP contribution < -0.4 is 0 Å². The third kappa shape index (κ3) is 3.23. The molecule has 5 rings (SSSR count). The number of halogens is 2. The third-order valence-electron chi connectivity index (χ3n) is 4.38. The zero-order chi connectivity index (χ0) is 19.8. The van der Waals surface area contributed by atoms with Gasteiger partial charge in [0.25, 0.3) is 0 Å². The first-order chi connectivity index (χ1) is 14.2. The second kappa shape index (κ2) is 7.44. The maximum absolute atomic E-state index is 6.25. The van der Waals surface area contributed by atoms with Crippen LogP contribution in [0, 0.1) is 0 Å². The minimum atomic E-state index is 0.465. The van der Waals surface area contributed by atoms with Gasteiger partial charge in [-0.2, -0.15) is 9.78 Å². The molecular weight excluding hydrogens is 427 g/mol. The quantitative estimate of drug-likeness (QED) is 0.368. The molecule has 0 fully saturated rings. The summed E-state index contributed by atoms with van der Waals surface area (Å²) in [5.74, 6) is 0.603. The Hall–Kier alpha value is -3.00. The molecule has 0 aliphatic carbocycles. The Labute approximate surface area is 179 Å². The molecule has 0 amide bonds. The van der Waals surface area contributed by atoms with Crippen LogP contribution in [0.4, 0.5) is 0 Å². The van der Waals surface area contributed by atoms with E-state index in [1.807, 2.05) is 58.6 Å². The fraction of sp³-hybridized carbons (Fsp3) is 0. The Kier molecular flexibility index (Phi) is 4.63. The smallest absolute Gasteiger partial charge is 0.190 e. The molecule has 0 atom stereocenters. The molecule has 29 heavy (non-hydrogen) atoms. The van der Waals surface area contributed by atoms with E-state index in [4.69, 9.17) is 23.2 Å². The van der Waals surface area contributed by atoms with Crippen LogP contribution in [0.3, 0.4) is 0 Å². The van der Waals surface area contributed by atoms with Gasteiger partial charge >= 0.3 is 0 Å². The SMILES string of the molecule is Clc1ccc(-n2ncc(-c3nnnn3-c3ccccc3)c2-c2cccs2)cc1Cl. The lowest BCUT2D eigenvalue weighted by molar-refractivity contribution is 0.791. The summed E-state index contributed by atoms with van der Waals surface area (Å²) in [5.41, 5.74) is 3.36. The fourth-order valence-corrected chi connectivity index (χ4v) is 4.13. The number of nitrogens with zero attached hydrogens (tertiary/aromatic N) is 6. The molecule has 0 spiro atoms. The van der Waals surface area contributed by atoms with Gasteiger partial charge in [-0.05, 0) is 52.2 Å². The summed E-state index contributed by atoms with van der Waals surface area (Å²) in [6, 6.07) is 19.2. The van der Waals surface area contributed by atoms with Gasteiger partial charge in [-0.25, -0.2) is 4.68 Å². The van der Waals surface area contributed by atoms with Gasteiger partial charge < -0.3 is 0 Å². The lowest BCUT2D eigenvalue weighted by atomic mass is 10.2. The van der Waals surface area contributed by atoms with Crippen LogP contribution in [0.25, 0.3) is 33.3 Å². The van der Waals surface area contributed by atoms with E-state index in [9.17, 15) is 0 Å². The molecule has 9 heteroatoms. The molecule has 142 valence electrons. The normalized spacial score (nSPS) is 11.1. The minimum Gasteiger partial charge on any atom is -0.231 e. The number of para-hydroxylation sites is 1. The van der Waals surface area contributed by atoms with Crippen molar-refractivity contribution in [3.05, 3.63) is 82.3 Å². The molecule has 0 saturated carbocycles. The molecule has 3 aromatic heterocycles. The molecule has 0 radical (unpaired) electrons. The van der Waals surface area contributed by atoms with Crippen molar-refractivity contribution in [1.29, 1.82) is 0 Å². The van der Waals surface area contributed by atoms with E-state index in [1.165, 1.54) is 0 Å². The summed E-state index contributed by atoms with van der Waals surface area (Å²) in [6.07, 6.45) is 1.77. The Morgan fingerprint density at radius 2 is 1.69 bits per heavy atom. The summed E-state index contributed by atoms with van der Waals surface area (Å²) in [4.78, 5) is 1.03. The van der Waals surface area contributed by atoms with E-state index in [0.29, 0.717) is 15.9 Å². The first kappa shape index (κ1) is 18.1. The molecule has 6 nitrogen and oxygen atoms in total. The number of aromatic nitrogens is 6.